The van der Waals surface area contributed by atoms with Gasteiger partial charge in [0, 0.05) is 24.2 Å². The van der Waals surface area contributed by atoms with Crippen molar-refractivity contribution in [1.29, 1.82) is 0 Å². The summed E-state index contributed by atoms with van der Waals surface area (Å²) in [7, 11) is 0. The van der Waals surface area contributed by atoms with E-state index in [1.54, 1.807) is 16.7 Å². The zero-order valence-electron chi connectivity index (χ0n) is 20.1. The number of carbonyl (C=O) groups is 1. The number of ether oxygens (including phenoxy) is 2. The van der Waals surface area contributed by atoms with E-state index in [0.717, 1.165) is 11.1 Å². The predicted molar refractivity (Wildman–Crippen MR) is 138 cm³/mol. The van der Waals surface area contributed by atoms with E-state index in [1.807, 2.05) is 57.2 Å². The maximum Gasteiger partial charge on any atom is 0.297 e. The van der Waals surface area contributed by atoms with Gasteiger partial charge in [-0.2, -0.15) is 0 Å². The molecule has 2 aromatic carbocycles. The lowest BCUT2D eigenvalue weighted by Crippen LogP contribution is -2.24. The number of nitrogens with zero attached hydrogens (tertiary/aromatic N) is 2. The molecular weight excluding hydrogens is 466 g/mol. The van der Waals surface area contributed by atoms with Gasteiger partial charge in [0.05, 0.1) is 18.5 Å². The number of thioether (sulfide) groups is 1. The monoisotopic (exact) mass is 495 g/mol. The fourth-order valence-corrected chi connectivity index (χ4v) is 4.45. The molecule has 2 heterocycles. The Kier molecular flexibility index (Phi) is 8.09. The van der Waals surface area contributed by atoms with Gasteiger partial charge in [-0.15, -0.1) is 0 Å². The molecule has 184 valence electrons. The fourth-order valence-electron chi connectivity index (χ4n) is 3.63. The Morgan fingerprint density at radius 1 is 1.17 bits per heavy atom. The molecule has 4 rings (SSSR count). The molecule has 0 bridgehead atoms. The number of rotatable bonds is 11. The number of amides is 1. The van der Waals surface area contributed by atoms with Crippen molar-refractivity contribution in [3.05, 3.63) is 58.9 Å². The van der Waals surface area contributed by atoms with E-state index in [-0.39, 0.29) is 28.9 Å². The molecule has 4 aromatic rings. The number of aromatic nitrogens is 2. The summed E-state index contributed by atoms with van der Waals surface area (Å²) in [5.41, 5.74) is 1.75. The Labute approximate surface area is 207 Å². The molecule has 1 amide bonds. The molecular formula is C26H29N3O5S. The van der Waals surface area contributed by atoms with Crippen LogP contribution in [0.3, 0.4) is 0 Å². The van der Waals surface area contributed by atoms with Crippen molar-refractivity contribution in [2.45, 2.75) is 45.0 Å². The first kappa shape index (κ1) is 24.8. The van der Waals surface area contributed by atoms with Gasteiger partial charge < -0.3 is 19.2 Å². The van der Waals surface area contributed by atoms with Crippen LogP contribution in [0.25, 0.3) is 22.1 Å². The number of hydrogen-bond acceptors (Lipinski definition) is 7. The average Bonchev–Trinajstić information content (AvgIpc) is 3.22. The molecule has 0 unspecified atom stereocenters. The van der Waals surface area contributed by atoms with E-state index in [4.69, 9.17) is 18.9 Å². The zero-order chi connectivity index (χ0) is 24.8. The van der Waals surface area contributed by atoms with Crippen molar-refractivity contribution in [2.75, 3.05) is 24.3 Å². The first-order valence-corrected chi connectivity index (χ1v) is 12.6. The molecule has 0 saturated heterocycles. The Hall–Kier alpha value is -3.30. The van der Waals surface area contributed by atoms with Crippen molar-refractivity contribution < 1.29 is 18.7 Å². The smallest absolute Gasteiger partial charge is 0.297 e. The first-order chi connectivity index (χ1) is 17.0. The highest BCUT2D eigenvalue weighted by molar-refractivity contribution is 7.99. The Balaban J connectivity index is 1.55. The van der Waals surface area contributed by atoms with Gasteiger partial charge in [-0.1, -0.05) is 23.9 Å². The summed E-state index contributed by atoms with van der Waals surface area (Å²) in [5, 5.41) is 4.12. The van der Waals surface area contributed by atoms with E-state index in [0.29, 0.717) is 48.1 Å². The van der Waals surface area contributed by atoms with E-state index in [1.165, 1.54) is 11.8 Å². The maximum atomic E-state index is 13.3. The van der Waals surface area contributed by atoms with Crippen LogP contribution in [0.2, 0.25) is 0 Å². The molecule has 0 aliphatic carbocycles. The summed E-state index contributed by atoms with van der Waals surface area (Å²) in [6.45, 7) is 7.37. The minimum Gasteiger partial charge on any atom is -0.494 e. The number of nitrogens with one attached hydrogen (secondary N) is 1. The van der Waals surface area contributed by atoms with E-state index in [9.17, 15) is 9.59 Å². The van der Waals surface area contributed by atoms with Crippen molar-refractivity contribution in [3.8, 4) is 5.75 Å². The van der Waals surface area contributed by atoms with Gasteiger partial charge in [0.15, 0.2) is 5.16 Å². The van der Waals surface area contributed by atoms with Gasteiger partial charge in [-0.05, 0) is 63.6 Å². The second-order valence-corrected chi connectivity index (χ2v) is 9.14. The second-order valence-electron chi connectivity index (χ2n) is 8.19. The normalized spacial score (nSPS) is 11.4. The molecule has 35 heavy (non-hydrogen) atoms. The Morgan fingerprint density at radius 2 is 1.94 bits per heavy atom. The largest absolute Gasteiger partial charge is 0.494 e. The predicted octanol–water partition coefficient (Wildman–Crippen LogP) is 5.09. The second kappa shape index (κ2) is 11.4. The summed E-state index contributed by atoms with van der Waals surface area (Å²) >= 11 is 1.22. The molecule has 8 nitrogen and oxygen atoms in total. The van der Waals surface area contributed by atoms with Gasteiger partial charge >= 0.3 is 0 Å². The third-order valence-corrected chi connectivity index (χ3v) is 6.18. The van der Waals surface area contributed by atoms with Crippen LogP contribution in [-0.2, 0) is 16.1 Å². The Bertz CT molecular complexity index is 1360. The number of anilines is 1. The third-order valence-electron chi connectivity index (χ3n) is 5.21. The molecule has 0 atom stereocenters. The van der Waals surface area contributed by atoms with Crippen molar-refractivity contribution in [3.63, 3.8) is 0 Å². The number of hydrogen-bond donors (Lipinski definition) is 1. The van der Waals surface area contributed by atoms with Crippen LogP contribution in [0.4, 0.5) is 5.69 Å². The highest BCUT2D eigenvalue weighted by atomic mass is 32.2. The van der Waals surface area contributed by atoms with E-state index in [2.05, 4.69) is 5.32 Å². The van der Waals surface area contributed by atoms with Crippen LogP contribution in [0, 0.1) is 0 Å². The number of benzene rings is 2. The summed E-state index contributed by atoms with van der Waals surface area (Å²) in [5.74, 6) is 0.652. The standard InChI is InChI=1S/C26H29N3O5S/c1-4-32-19-12-10-18(11-13-19)27-22(30)16-35-26-28-23-20-8-5-6-9-21(20)34-24(23)25(31)29(26)14-7-15-33-17(2)3/h5-6,8-13,17H,4,7,14-16H2,1-3H3,(H,27,30). The summed E-state index contributed by atoms with van der Waals surface area (Å²) in [4.78, 5) is 30.7. The SMILES string of the molecule is CCOc1ccc(NC(=O)CSc2nc3c(oc4ccccc43)c(=O)n2CCCOC(C)C)cc1. The van der Waals surface area contributed by atoms with Gasteiger partial charge in [0.2, 0.25) is 11.5 Å². The van der Waals surface area contributed by atoms with Crippen LogP contribution < -0.4 is 15.6 Å². The summed E-state index contributed by atoms with van der Waals surface area (Å²) in [6.07, 6.45) is 0.750. The lowest BCUT2D eigenvalue weighted by atomic mass is 10.2. The third kappa shape index (κ3) is 6.04. The Morgan fingerprint density at radius 3 is 2.69 bits per heavy atom. The number of furan rings is 1. The minimum atomic E-state index is -0.259. The zero-order valence-corrected chi connectivity index (χ0v) is 20.9. The van der Waals surface area contributed by atoms with Gasteiger partial charge in [-0.3, -0.25) is 14.2 Å². The average molecular weight is 496 g/mol. The number of fused-ring (bicyclic) bond motifs is 3. The van der Waals surface area contributed by atoms with Crippen molar-refractivity contribution in [1.82, 2.24) is 9.55 Å². The van der Waals surface area contributed by atoms with E-state index >= 15 is 0 Å². The van der Waals surface area contributed by atoms with Gasteiger partial charge in [-0.25, -0.2) is 4.98 Å². The lowest BCUT2D eigenvalue weighted by molar-refractivity contribution is -0.113. The van der Waals surface area contributed by atoms with Crippen LogP contribution >= 0.6 is 11.8 Å². The topological polar surface area (TPSA) is 95.6 Å². The maximum absolute atomic E-state index is 13.3. The molecule has 0 spiro atoms. The lowest BCUT2D eigenvalue weighted by Gasteiger charge is -2.13. The molecule has 1 N–H and O–H groups in total. The molecule has 0 radical (unpaired) electrons. The highest BCUT2D eigenvalue weighted by Gasteiger charge is 2.18. The van der Waals surface area contributed by atoms with E-state index < -0.39 is 0 Å². The van der Waals surface area contributed by atoms with Gasteiger partial charge in [0.25, 0.3) is 5.56 Å². The number of carbonyl (C=O) groups excluding carboxylic acids is 1. The van der Waals surface area contributed by atoms with Crippen LogP contribution in [0.5, 0.6) is 5.75 Å². The molecule has 0 aliphatic rings. The molecule has 0 saturated carbocycles. The summed E-state index contributed by atoms with van der Waals surface area (Å²) < 4.78 is 18.5. The molecule has 9 heteroatoms. The molecule has 2 aromatic heterocycles. The van der Waals surface area contributed by atoms with Crippen LogP contribution in [0.15, 0.2) is 62.9 Å². The van der Waals surface area contributed by atoms with Crippen molar-refractivity contribution >= 4 is 45.4 Å². The van der Waals surface area contributed by atoms with Gasteiger partial charge in [0.1, 0.15) is 16.8 Å². The number of para-hydroxylation sites is 1. The molecule has 0 fully saturated rings. The summed E-state index contributed by atoms with van der Waals surface area (Å²) in [6, 6.07) is 14.6. The highest BCUT2D eigenvalue weighted by Crippen LogP contribution is 2.27. The van der Waals surface area contributed by atoms with Crippen LogP contribution in [0.1, 0.15) is 27.2 Å². The minimum absolute atomic E-state index is 0.101. The first-order valence-electron chi connectivity index (χ1n) is 11.7. The van der Waals surface area contributed by atoms with Crippen LogP contribution in [-0.4, -0.2) is 40.5 Å². The van der Waals surface area contributed by atoms with Crippen molar-refractivity contribution in [2.24, 2.45) is 0 Å². The fraction of sp³-hybridized carbons (Fsp3) is 0.346. The molecule has 0 aliphatic heterocycles. The quantitative estimate of drug-likeness (QED) is 0.176.